The zero-order chi connectivity index (χ0) is 16.9. The van der Waals surface area contributed by atoms with E-state index in [1.807, 2.05) is 23.1 Å². The summed E-state index contributed by atoms with van der Waals surface area (Å²) in [7, 11) is 0. The van der Waals surface area contributed by atoms with Crippen molar-refractivity contribution in [3.05, 3.63) is 23.8 Å². The van der Waals surface area contributed by atoms with Crippen molar-refractivity contribution in [1.29, 1.82) is 0 Å². The Hall–Kier alpha value is -2.98. The zero-order valence-electron chi connectivity index (χ0n) is 13.0. The van der Waals surface area contributed by atoms with Crippen molar-refractivity contribution in [2.24, 2.45) is 0 Å². The van der Waals surface area contributed by atoms with Gasteiger partial charge in [0.05, 0.1) is 13.1 Å². The third-order valence-corrected chi connectivity index (χ3v) is 2.98. The predicted octanol–water partition coefficient (Wildman–Crippen LogP) is 1.82. The van der Waals surface area contributed by atoms with Crippen LogP contribution in [0, 0.1) is 49.4 Å². The SMILES string of the molecule is C#CCOc1ccc(CCN(CC#C)CC#C)cc1OCC#C. The first-order valence-electron chi connectivity index (χ1n) is 7.09. The molecule has 3 nitrogen and oxygen atoms in total. The molecule has 0 aliphatic carbocycles. The molecule has 23 heavy (non-hydrogen) atoms. The van der Waals surface area contributed by atoms with E-state index in [1.165, 1.54) is 0 Å². The fourth-order valence-corrected chi connectivity index (χ4v) is 1.94. The standard InChI is InChI=1S/C20H19NO2/c1-5-12-21(13-6-2)14-11-18-9-10-19(22-15-7-3)20(17-18)23-16-8-4/h1-4,9-10,17H,11-16H2. The molecule has 0 saturated heterocycles. The van der Waals surface area contributed by atoms with Gasteiger partial charge in [-0.15, -0.1) is 25.7 Å². The van der Waals surface area contributed by atoms with Crippen LogP contribution in [0.25, 0.3) is 0 Å². The lowest BCUT2D eigenvalue weighted by Crippen LogP contribution is -2.26. The lowest BCUT2D eigenvalue weighted by molar-refractivity contribution is 0.313. The van der Waals surface area contributed by atoms with Crippen molar-refractivity contribution < 1.29 is 9.47 Å². The maximum absolute atomic E-state index is 5.52. The quantitative estimate of drug-likeness (QED) is 0.650. The number of hydrogen-bond donors (Lipinski definition) is 0. The summed E-state index contributed by atoms with van der Waals surface area (Å²) in [4.78, 5) is 2.02. The van der Waals surface area contributed by atoms with E-state index in [0.717, 1.165) is 18.5 Å². The molecule has 1 aromatic rings. The Labute approximate surface area is 139 Å². The molecule has 3 heteroatoms. The first-order valence-corrected chi connectivity index (χ1v) is 7.09. The Morgan fingerprint density at radius 3 is 2.00 bits per heavy atom. The van der Waals surface area contributed by atoms with E-state index in [0.29, 0.717) is 24.6 Å². The Balaban J connectivity index is 2.79. The average molecular weight is 305 g/mol. The maximum atomic E-state index is 5.52. The van der Waals surface area contributed by atoms with Crippen molar-refractivity contribution in [1.82, 2.24) is 4.90 Å². The monoisotopic (exact) mass is 305 g/mol. The molecule has 0 aliphatic rings. The molecule has 0 radical (unpaired) electrons. The van der Waals surface area contributed by atoms with E-state index < -0.39 is 0 Å². The van der Waals surface area contributed by atoms with Crippen LogP contribution in [0.1, 0.15) is 5.56 Å². The molecule has 1 rings (SSSR count). The van der Waals surface area contributed by atoms with Crippen LogP contribution < -0.4 is 9.47 Å². The van der Waals surface area contributed by atoms with Crippen LogP contribution in [0.5, 0.6) is 11.5 Å². The van der Waals surface area contributed by atoms with Crippen LogP contribution in [0.4, 0.5) is 0 Å². The van der Waals surface area contributed by atoms with Crippen molar-refractivity contribution in [2.75, 3.05) is 32.8 Å². The van der Waals surface area contributed by atoms with Crippen molar-refractivity contribution in [3.8, 4) is 60.9 Å². The zero-order valence-corrected chi connectivity index (χ0v) is 13.0. The molecular formula is C20H19NO2. The van der Waals surface area contributed by atoms with Gasteiger partial charge >= 0.3 is 0 Å². The molecule has 0 spiro atoms. The minimum absolute atomic E-state index is 0.163. The number of benzene rings is 1. The van der Waals surface area contributed by atoms with Crippen molar-refractivity contribution >= 4 is 0 Å². The van der Waals surface area contributed by atoms with Crippen molar-refractivity contribution in [3.63, 3.8) is 0 Å². The summed E-state index contributed by atoms with van der Waals surface area (Å²) in [5, 5.41) is 0. The van der Waals surface area contributed by atoms with E-state index in [4.69, 9.17) is 35.2 Å². The molecule has 0 N–H and O–H groups in total. The van der Waals surface area contributed by atoms with Crippen molar-refractivity contribution in [2.45, 2.75) is 6.42 Å². The van der Waals surface area contributed by atoms with Crippen LogP contribution in [-0.4, -0.2) is 37.7 Å². The Morgan fingerprint density at radius 1 is 0.826 bits per heavy atom. The first kappa shape index (κ1) is 18.1. The summed E-state index contributed by atoms with van der Waals surface area (Å²) >= 11 is 0. The van der Waals surface area contributed by atoms with E-state index >= 15 is 0 Å². The lowest BCUT2D eigenvalue weighted by atomic mass is 10.1. The summed E-state index contributed by atoms with van der Waals surface area (Å²) in [5.74, 6) is 11.2. The van der Waals surface area contributed by atoms with Crippen LogP contribution in [-0.2, 0) is 6.42 Å². The second kappa shape index (κ2) is 10.7. The number of nitrogens with zero attached hydrogens (tertiary/aromatic N) is 1. The summed E-state index contributed by atoms with van der Waals surface area (Å²) < 4.78 is 11.0. The molecule has 0 saturated carbocycles. The predicted molar refractivity (Wildman–Crippen MR) is 92.9 cm³/mol. The third-order valence-electron chi connectivity index (χ3n) is 2.98. The fraction of sp³-hybridized carbons (Fsp3) is 0.300. The van der Waals surface area contributed by atoms with E-state index in [1.54, 1.807) is 0 Å². The molecule has 0 fully saturated rings. The van der Waals surface area contributed by atoms with Gasteiger partial charge in [0, 0.05) is 6.54 Å². The normalized spacial score (nSPS) is 9.26. The second-order valence-electron chi connectivity index (χ2n) is 4.64. The highest BCUT2D eigenvalue weighted by Gasteiger charge is 2.08. The fourth-order valence-electron chi connectivity index (χ4n) is 1.94. The molecule has 0 aliphatic heterocycles. The maximum Gasteiger partial charge on any atom is 0.162 e. The molecule has 116 valence electrons. The van der Waals surface area contributed by atoms with Gasteiger partial charge in [0.15, 0.2) is 11.5 Å². The smallest absolute Gasteiger partial charge is 0.162 e. The minimum Gasteiger partial charge on any atom is -0.477 e. The van der Waals surface area contributed by atoms with Gasteiger partial charge in [-0.1, -0.05) is 29.7 Å². The highest BCUT2D eigenvalue weighted by Crippen LogP contribution is 2.28. The molecule has 1 aromatic carbocycles. The molecule has 0 atom stereocenters. The molecule has 0 unspecified atom stereocenters. The molecule has 0 bridgehead atoms. The lowest BCUT2D eigenvalue weighted by Gasteiger charge is -2.17. The van der Waals surface area contributed by atoms with Gasteiger partial charge in [-0.2, -0.15) is 0 Å². The number of rotatable bonds is 9. The first-order chi connectivity index (χ1) is 11.2. The highest BCUT2D eigenvalue weighted by atomic mass is 16.5. The van der Waals surface area contributed by atoms with Gasteiger partial charge in [0.2, 0.25) is 0 Å². The Kier molecular flexibility index (Phi) is 8.41. The number of hydrogen-bond acceptors (Lipinski definition) is 3. The van der Waals surface area contributed by atoms with E-state index in [2.05, 4.69) is 23.7 Å². The second-order valence-corrected chi connectivity index (χ2v) is 4.64. The van der Waals surface area contributed by atoms with Gasteiger partial charge in [0.25, 0.3) is 0 Å². The van der Waals surface area contributed by atoms with Gasteiger partial charge < -0.3 is 9.47 Å². The largest absolute Gasteiger partial charge is 0.477 e. The van der Waals surface area contributed by atoms with Gasteiger partial charge in [-0.05, 0) is 24.1 Å². The number of terminal acetylenes is 4. The van der Waals surface area contributed by atoms with Gasteiger partial charge in [0.1, 0.15) is 13.2 Å². The van der Waals surface area contributed by atoms with Crippen LogP contribution in [0.3, 0.4) is 0 Å². The third kappa shape index (κ3) is 6.54. The molecule has 0 heterocycles. The highest BCUT2D eigenvalue weighted by molar-refractivity contribution is 5.43. The van der Waals surface area contributed by atoms with E-state index in [9.17, 15) is 0 Å². The number of ether oxygens (including phenoxy) is 2. The average Bonchev–Trinajstić information content (AvgIpc) is 2.57. The van der Waals surface area contributed by atoms with E-state index in [-0.39, 0.29) is 13.2 Å². The summed E-state index contributed by atoms with van der Waals surface area (Å²) in [6.45, 7) is 2.13. The summed E-state index contributed by atoms with van der Waals surface area (Å²) in [5.41, 5.74) is 1.07. The van der Waals surface area contributed by atoms with Crippen LogP contribution in [0.15, 0.2) is 18.2 Å². The molecule has 0 amide bonds. The molecular weight excluding hydrogens is 286 g/mol. The topological polar surface area (TPSA) is 21.7 Å². The summed E-state index contributed by atoms with van der Waals surface area (Å²) in [6.07, 6.45) is 21.9. The minimum atomic E-state index is 0.163. The van der Waals surface area contributed by atoms with Crippen LogP contribution in [0.2, 0.25) is 0 Å². The summed E-state index contributed by atoms with van der Waals surface area (Å²) in [6, 6.07) is 5.68. The van der Waals surface area contributed by atoms with Crippen LogP contribution >= 0.6 is 0 Å². The Morgan fingerprint density at radius 2 is 1.43 bits per heavy atom. The van der Waals surface area contributed by atoms with Gasteiger partial charge in [-0.3, -0.25) is 4.90 Å². The molecule has 0 aromatic heterocycles. The van der Waals surface area contributed by atoms with Gasteiger partial charge in [-0.25, -0.2) is 0 Å². The Bertz CT molecular complexity index is 649.